The molecule has 3 rings (SSSR count). The molecule has 0 radical (unpaired) electrons. The zero-order chi connectivity index (χ0) is 11.0. The molecule has 2 heterocycles. The summed E-state index contributed by atoms with van der Waals surface area (Å²) >= 11 is 0. The molecule has 0 saturated heterocycles. The van der Waals surface area contributed by atoms with Crippen molar-refractivity contribution in [3.63, 3.8) is 0 Å². The van der Waals surface area contributed by atoms with Crippen LogP contribution >= 0.6 is 0 Å². The average Bonchev–Trinajstić information content (AvgIpc) is 2.82. The Bertz CT molecular complexity index is 629. The van der Waals surface area contributed by atoms with E-state index in [1.807, 2.05) is 36.5 Å². The number of para-hydroxylation sites is 1. The van der Waals surface area contributed by atoms with Crippen LogP contribution in [-0.4, -0.2) is 14.8 Å². The number of nitrogens with zero attached hydrogens (tertiary/aromatic N) is 3. The summed E-state index contributed by atoms with van der Waals surface area (Å²) in [5.74, 6) is 0. The molecule has 0 spiro atoms. The minimum Gasteiger partial charge on any atom is -0.396 e. The van der Waals surface area contributed by atoms with Crippen LogP contribution in [0.1, 0.15) is 0 Å². The van der Waals surface area contributed by atoms with Crippen LogP contribution in [0.4, 0.5) is 5.69 Å². The number of rotatable bonds is 1. The Kier molecular flexibility index (Phi) is 1.86. The van der Waals surface area contributed by atoms with Crippen LogP contribution in [0, 0.1) is 0 Å². The lowest BCUT2D eigenvalue weighted by Gasteiger charge is -2.08. The molecular weight excluding hydrogens is 200 g/mol. The van der Waals surface area contributed by atoms with E-state index in [4.69, 9.17) is 5.73 Å². The molecular formula is C12H10N4. The summed E-state index contributed by atoms with van der Waals surface area (Å²) in [4.78, 5) is 4.29. The molecule has 0 aliphatic carbocycles. The summed E-state index contributed by atoms with van der Waals surface area (Å²) in [6.45, 7) is 0. The molecule has 0 amide bonds. The van der Waals surface area contributed by atoms with Crippen LogP contribution in [0.3, 0.4) is 0 Å². The number of fused-ring (bicyclic) bond motifs is 1. The molecule has 1 aromatic carbocycles. The maximum absolute atomic E-state index is 5.95. The smallest absolute Gasteiger partial charge is 0.0984 e. The number of hydrogen-bond donors (Lipinski definition) is 1. The molecule has 3 aromatic rings. The first-order chi connectivity index (χ1) is 7.86. The number of nitrogen functional groups attached to an aromatic ring is 1. The third-order valence-corrected chi connectivity index (χ3v) is 2.51. The van der Waals surface area contributed by atoms with Crippen molar-refractivity contribution in [1.82, 2.24) is 14.8 Å². The molecule has 2 N–H and O–H groups in total. The van der Waals surface area contributed by atoms with Gasteiger partial charge in [-0.25, -0.2) is 4.68 Å². The maximum Gasteiger partial charge on any atom is 0.0984 e. The highest BCUT2D eigenvalue weighted by molar-refractivity contribution is 5.91. The molecule has 4 nitrogen and oxygen atoms in total. The summed E-state index contributed by atoms with van der Waals surface area (Å²) in [5.41, 5.74) is 8.39. The van der Waals surface area contributed by atoms with Crippen molar-refractivity contribution >= 4 is 16.6 Å². The predicted molar refractivity (Wildman–Crippen MR) is 63.3 cm³/mol. The second-order valence-corrected chi connectivity index (χ2v) is 3.53. The van der Waals surface area contributed by atoms with E-state index in [1.165, 1.54) is 0 Å². The number of hydrogen-bond acceptors (Lipinski definition) is 3. The second-order valence-electron chi connectivity index (χ2n) is 3.53. The lowest BCUT2D eigenvalue weighted by atomic mass is 10.1. The zero-order valence-electron chi connectivity index (χ0n) is 8.54. The molecule has 0 saturated carbocycles. The second kappa shape index (κ2) is 3.34. The largest absolute Gasteiger partial charge is 0.396 e. The lowest BCUT2D eigenvalue weighted by Crippen LogP contribution is -2.02. The van der Waals surface area contributed by atoms with Crippen LogP contribution < -0.4 is 5.73 Å². The van der Waals surface area contributed by atoms with Crippen molar-refractivity contribution in [3.05, 3.63) is 48.9 Å². The van der Waals surface area contributed by atoms with E-state index in [2.05, 4.69) is 10.1 Å². The number of nitrogens with two attached hydrogens (primary N) is 1. The Morgan fingerprint density at radius 1 is 1.12 bits per heavy atom. The van der Waals surface area contributed by atoms with Crippen LogP contribution in [0.15, 0.2) is 48.9 Å². The van der Waals surface area contributed by atoms with Gasteiger partial charge in [-0.15, -0.1) is 0 Å². The third-order valence-electron chi connectivity index (χ3n) is 2.51. The number of pyridine rings is 1. The number of benzene rings is 1. The van der Waals surface area contributed by atoms with Gasteiger partial charge in [0, 0.05) is 17.8 Å². The highest BCUT2D eigenvalue weighted by Crippen LogP contribution is 2.25. The van der Waals surface area contributed by atoms with Crippen molar-refractivity contribution in [2.24, 2.45) is 0 Å². The SMILES string of the molecule is Nc1cnc2ccccc2c1-n1cccn1. The molecule has 2 aromatic heterocycles. The third kappa shape index (κ3) is 1.24. The zero-order valence-corrected chi connectivity index (χ0v) is 8.54. The van der Waals surface area contributed by atoms with E-state index in [-0.39, 0.29) is 0 Å². The van der Waals surface area contributed by atoms with Crippen LogP contribution in [0.25, 0.3) is 16.6 Å². The van der Waals surface area contributed by atoms with Gasteiger partial charge in [-0.05, 0) is 12.1 Å². The number of anilines is 1. The van der Waals surface area contributed by atoms with Crippen molar-refractivity contribution in [1.29, 1.82) is 0 Å². The van der Waals surface area contributed by atoms with Crippen molar-refractivity contribution < 1.29 is 0 Å². The van der Waals surface area contributed by atoms with Gasteiger partial charge in [0.15, 0.2) is 0 Å². The fraction of sp³-hybridized carbons (Fsp3) is 0. The van der Waals surface area contributed by atoms with Gasteiger partial charge < -0.3 is 5.73 Å². The van der Waals surface area contributed by atoms with Gasteiger partial charge in [0.2, 0.25) is 0 Å². The summed E-state index contributed by atoms with van der Waals surface area (Å²) in [7, 11) is 0. The Hall–Kier alpha value is -2.36. The molecule has 4 heteroatoms. The standard InChI is InChI=1S/C12H10N4/c13-10-8-14-11-5-2-1-4-9(11)12(10)16-7-3-6-15-16/h1-8H,13H2. The van der Waals surface area contributed by atoms with E-state index in [9.17, 15) is 0 Å². The Balaban J connectivity index is 2.42. The average molecular weight is 210 g/mol. The Morgan fingerprint density at radius 2 is 2.00 bits per heavy atom. The quantitative estimate of drug-likeness (QED) is 0.668. The normalized spacial score (nSPS) is 10.8. The Morgan fingerprint density at radius 3 is 2.81 bits per heavy atom. The molecule has 0 unspecified atom stereocenters. The fourth-order valence-electron chi connectivity index (χ4n) is 1.80. The van der Waals surface area contributed by atoms with Crippen LogP contribution in [0.5, 0.6) is 0 Å². The first kappa shape index (κ1) is 8.91. The highest BCUT2D eigenvalue weighted by Gasteiger charge is 2.07. The first-order valence-electron chi connectivity index (χ1n) is 4.99. The molecule has 16 heavy (non-hydrogen) atoms. The van der Waals surface area contributed by atoms with Gasteiger partial charge in [0.05, 0.1) is 23.1 Å². The molecule has 0 bridgehead atoms. The van der Waals surface area contributed by atoms with Crippen molar-refractivity contribution in [2.75, 3.05) is 5.73 Å². The van der Waals surface area contributed by atoms with Gasteiger partial charge in [-0.1, -0.05) is 18.2 Å². The molecule has 0 fully saturated rings. The molecule has 0 atom stereocenters. The lowest BCUT2D eigenvalue weighted by molar-refractivity contribution is 0.888. The van der Waals surface area contributed by atoms with Crippen molar-refractivity contribution in [2.45, 2.75) is 0 Å². The molecule has 78 valence electrons. The van der Waals surface area contributed by atoms with Gasteiger partial charge in [-0.3, -0.25) is 4.98 Å². The maximum atomic E-state index is 5.95. The van der Waals surface area contributed by atoms with E-state index >= 15 is 0 Å². The molecule has 0 aliphatic heterocycles. The van der Waals surface area contributed by atoms with E-state index in [0.717, 1.165) is 16.6 Å². The minimum atomic E-state index is 0.627. The minimum absolute atomic E-state index is 0.627. The summed E-state index contributed by atoms with van der Waals surface area (Å²) in [6.07, 6.45) is 5.27. The van der Waals surface area contributed by atoms with Gasteiger partial charge in [-0.2, -0.15) is 5.10 Å². The van der Waals surface area contributed by atoms with Gasteiger partial charge in [0.25, 0.3) is 0 Å². The summed E-state index contributed by atoms with van der Waals surface area (Å²) in [5, 5.41) is 5.21. The van der Waals surface area contributed by atoms with Crippen molar-refractivity contribution in [3.8, 4) is 5.69 Å². The fourth-order valence-corrected chi connectivity index (χ4v) is 1.80. The predicted octanol–water partition coefficient (Wildman–Crippen LogP) is 2.00. The summed E-state index contributed by atoms with van der Waals surface area (Å²) in [6, 6.07) is 9.75. The molecule has 0 aliphatic rings. The monoisotopic (exact) mass is 210 g/mol. The van der Waals surface area contributed by atoms with Crippen LogP contribution in [0.2, 0.25) is 0 Å². The van der Waals surface area contributed by atoms with Crippen LogP contribution in [-0.2, 0) is 0 Å². The topological polar surface area (TPSA) is 56.7 Å². The Labute approximate surface area is 92.3 Å². The van der Waals surface area contributed by atoms with Gasteiger partial charge in [0.1, 0.15) is 0 Å². The van der Waals surface area contributed by atoms with E-state index < -0.39 is 0 Å². The van der Waals surface area contributed by atoms with E-state index in [0.29, 0.717) is 5.69 Å². The number of aromatic nitrogens is 3. The van der Waals surface area contributed by atoms with E-state index in [1.54, 1.807) is 17.1 Å². The summed E-state index contributed by atoms with van der Waals surface area (Å²) < 4.78 is 1.76. The highest BCUT2D eigenvalue weighted by atomic mass is 15.3. The van der Waals surface area contributed by atoms with Gasteiger partial charge >= 0.3 is 0 Å². The first-order valence-corrected chi connectivity index (χ1v) is 4.99.